The summed E-state index contributed by atoms with van der Waals surface area (Å²) in [5.41, 5.74) is -0.727. The summed E-state index contributed by atoms with van der Waals surface area (Å²) in [6.07, 6.45) is 0.626. The molecule has 0 aliphatic carbocycles. The topological polar surface area (TPSA) is 52.6 Å². The second-order valence-corrected chi connectivity index (χ2v) is 5.41. The van der Waals surface area contributed by atoms with Crippen molar-refractivity contribution in [1.82, 2.24) is 0 Å². The minimum absolute atomic E-state index is 0.00531. The first kappa shape index (κ1) is 14.2. The summed E-state index contributed by atoms with van der Waals surface area (Å²) >= 11 is 4.76. The Labute approximate surface area is 95.0 Å². The van der Waals surface area contributed by atoms with E-state index in [4.69, 9.17) is 16.6 Å². The van der Waals surface area contributed by atoms with E-state index in [0.29, 0.717) is 6.42 Å². The van der Waals surface area contributed by atoms with Crippen molar-refractivity contribution >= 4 is 23.8 Å². The molecule has 0 N–H and O–H groups in total. The van der Waals surface area contributed by atoms with E-state index >= 15 is 0 Å². The van der Waals surface area contributed by atoms with Crippen molar-refractivity contribution in [3.8, 4) is 0 Å². The first-order valence-electron chi connectivity index (χ1n) is 4.63. The van der Waals surface area contributed by atoms with Crippen molar-refractivity contribution in [2.75, 3.05) is 0 Å². The van der Waals surface area contributed by atoms with Crippen LogP contribution in [-0.4, -0.2) is 17.5 Å². The quantitative estimate of drug-likeness (QED) is 0.546. The molecule has 0 amide bonds. The van der Waals surface area contributed by atoms with Gasteiger partial charge in [0, 0.05) is 0 Å². The minimum Gasteiger partial charge on any atom is -0.451 e. The molecule has 0 aromatic rings. The summed E-state index contributed by atoms with van der Waals surface area (Å²) in [6, 6.07) is 0. The van der Waals surface area contributed by atoms with Crippen LogP contribution < -0.4 is 0 Å². The summed E-state index contributed by atoms with van der Waals surface area (Å²) < 4.78 is 8.72. The fourth-order valence-electron chi connectivity index (χ4n) is 1.64. The highest BCUT2D eigenvalue weighted by Crippen LogP contribution is 2.29. The molecular weight excluding hydrogens is 220 g/mol. The molecule has 0 heterocycles. The molecule has 0 aliphatic rings. The maximum Gasteiger partial charge on any atom is 0.435 e. The zero-order valence-electron chi connectivity index (χ0n) is 9.72. The Kier molecular flexibility index (Phi) is 4.59. The molecule has 0 aromatic carbocycles. The second kappa shape index (κ2) is 4.84. The van der Waals surface area contributed by atoms with Crippen molar-refractivity contribution in [3.05, 3.63) is 0 Å². The molecule has 5 heteroatoms. The number of rotatable bonds is 2. The zero-order valence-corrected chi connectivity index (χ0v) is 10.5. The van der Waals surface area contributed by atoms with Gasteiger partial charge in [0.25, 0.3) is 0 Å². The van der Waals surface area contributed by atoms with E-state index in [2.05, 4.69) is 4.29 Å². The predicted octanol–water partition coefficient (Wildman–Crippen LogP) is 2.44. The fourth-order valence-corrected chi connectivity index (χ4v) is 1.70. The molecule has 15 heavy (non-hydrogen) atoms. The highest BCUT2D eigenvalue weighted by Gasteiger charge is 2.32. The number of ether oxygens (including phenoxy) is 1. The molecule has 0 saturated carbocycles. The Morgan fingerprint density at radius 1 is 1.07 bits per heavy atom. The summed E-state index contributed by atoms with van der Waals surface area (Å²) in [5, 5.41) is 0. The Morgan fingerprint density at radius 3 is 1.87 bits per heavy atom. The van der Waals surface area contributed by atoms with Crippen LogP contribution in [0.1, 0.15) is 41.0 Å². The standard InChI is InChI=1S/C10H17ClO4/c1-9(2,3)6-10(4,5)14-7(12)8(13)15-11/h6H2,1-5H3. The molecule has 0 radical (unpaired) electrons. The lowest BCUT2D eigenvalue weighted by atomic mass is 9.84. The van der Waals surface area contributed by atoms with Gasteiger partial charge >= 0.3 is 11.9 Å². The molecule has 0 bridgehead atoms. The first-order chi connectivity index (χ1) is 6.57. The number of carbonyl (C=O) groups excluding carboxylic acids is 2. The lowest BCUT2D eigenvalue weighted by Crippen LogP contribution is -2.35. The number of hydrogen-bond acceptors (Lipinski definition) is 4. The summed E-state index contributed by atoms with van der Waals surface area (Å²) in [5.74, 6) is -2.27. The second-order valence-electron chi connectivity index (χ2n) is 5.25. The van der Waals surface area contributed by atoms with E-state index in [0.717, 1.165) is 0 Å². The Morgan fingerprint density at radius 2 is 1.53 bits per heavy atom. The van der Waals surface area contributed by atoms with Crippen molar-refractivity contribution < 1.29 is 18.6 Å². The van der Waals surface area contributed by atoms with Gasteiger partial charge in [-0.3, -0.25) is 0 Å². The van der Waals surface area contributed by atoms with Crippen LogP contribution >= 0.6 is 11.9 Å². The highest BCUT2D eigenvalue weighted by atomic mass is 35.5. The minimum atomic E-state index is -1.20. The van der Waals surface area contributed by atoms with E-state index in [-0.39, 0.29) is 5.41 Å². The fraction of sp³-hybridized carbons (Fsp3) is 0.800. The average molecular weight is 237 g/mol. The third-order valence-corrected chi connectivity index (χ3v) is 1.70. The van der Waals surface area contributed by atoms with Crippen molar-refractivity contribution in [1.29, 1.82) is 0 Å². The molecule has 0 fully saturated rings. The van der Waals surface area contributed by atoms with Crippen molar-refractivity contribution in [2.24, 2.45) is 5.41 Å². The van der Waals surface area contributed by atoms with Crippen LogP contribution in [-0.2, 0) is 18.6 Å². The SMILES string of the molecule is CC(C)(C)CC(C)(C)OC(=O)C(=O)OCl. The van der Waals surface area contributed by atoms with Crippen molar-refractivity contribution in [2.45, 2.75) is 46.6 Å². The summed E-state index contributed by atoms with van der Waals surface area (Å²) in [7, 11) is 0. The van der Waals surface area contributed by atoms with E-state index in [1.807, 2.05) is 20.8 Å². The third-order valence-electron chi connectivity index (χ3n) is 1.56. The number of esters is 1. The smallest absolute Gasteiger partial charge is 0.435 e. The number of hydrogen-bond donors (Lipinski definition) is 0. The lowest BCUT2D eigenvalue weighted by molar-refractivity contribution is -0.172. The third kappa shape index (κ3) is 6.33. The van der Waals surface area contributed by atoms with Gasteiger partial charge < -0.3 is 9.03 Å². The van der Waals surface area contributed by atoms with Gasteiger partial charge in [0.2, 0.25) is 0 Å². The predicted molar refractivity (Wildman–Crippen MR) is 56.2 cm³/mol. The van der Waals surface area contributed by atoms with Crippen LogP contribution in [0.25, 0.3) is 0 Å². The molecular formula is C10H17ClO4. The molecule has 0 unspecified atom stereocenters. The Bertz CT molecular complexity index is 253. The molecule has 0 aromatic heterocycles. The van der Waals surface area contributed by atoms with Crippen LogP contribution in [0.15, 0.2) is 0 Å². The summed E-state index contributed by atoms with van der Waals surface area (Å²) in [6.45, 7) is 9.52. The van der Waals surface area contributed by atoms with Gasteiger partial charge in [-0.1, -0.05) is 20.8 Å². The van der Waals surface area contributed by atoms with Crippen molar-refractivity contribution in [3.63, 3.8) is 0 Å². The van der Waals surface area contributed by atoms with Gasteiger partial charge in [-0.05, 0) is 25.7 Å². The molecule has 0 atom stereocenters. The van der Waals surface area contributed by atoms with Crippen LogP contribution in [0.2, 0.25) is 0 Å². The molecule has 0 aliphatic heterocycles. The van der Waals surface area contributed by atoms with Gasteiger partial charge in [0.1, 0.15) is 17.5 Å². The lowest BCUT2D eigenvalue weighted by Gasteiger charge is -2.31. The Balaban J connectivity index is 4.38. The van der Waals surface area contributed by atoms with Gasteiger partial charge in [-0.2, -0.15) is 0 Å². The Hall–Kier alpha value is -0.770. The zero-order chi connectivity index (χ0) is 12.3. The van der Waals surface area contributed by atoms with Gasteiger partial charge in [0.15, 0.2) is 0 Å². The molecule has 4 nitrogen and oxygen atoms in total. The maximum absolute atomic E-state index is 11.1. The van der Waals surface area contributed by atoms with E-state index in [1.165, 1.54) is 0 Å². The van der Waals surface area contributed by atoms with E-state index in [1.54, 1.807) is 13.8 Å². The molecule has 88 valence electrons. The maximum atomic E-state index is 11.1. The normalized spacial score (nSPS) is 12.1. The largest absolute Gasteiger partial charge is 0.451 e. The van der Waals surface area contributed by atoms with Crippen LogP contribution in [0.4, 0.5) is 0 Å². The molecule has 0 rings (SSSR count). The first-order valence-corrected chi connectivity index (χ1v) is 4.94. The van der Waals surface area contributed by atoms with Crippen LogP contribution in [0, 0.1) is 5.41 Å². The molecule has 0 spiro atoms. The van der Waals surface area contributed by atoms with Crippen LogP contribution in [0.3, 0.4) is 0 Å². The van der Waals surface area contributed by atoms with Gasteiger partial charge in [0.05, 0.1) is 0 Å². The number of carbonyl (C=O) groups is 2. The van der Waals surface area contributed by atoms with Gasteiger partial charge in [-0.25, -0.2) is 9.59 Å². The monoisotopic (exact) mass is 236 g/mol. The highest BCUT2D eigenvalue weighted by molar-refractivity contribution is 6.35. The van der Waals surface area contributed by atoms with Crippen LogP contribution in [0.5, 0.6) is 0 Å². The van der Waals surface area contributed by atoms with E-state index < -0.39 is 17.5 Å². The van der Waals surface area contributed by atoms with Gasteiger partial charge in [-0.15, -0.1) is 0 Å². The molecule has 0 saturated heterocycles. The summed E-state index contributed by atoms with van der Waals surface area (Å²) in [4.78, 5) is 21.8. The van der Waals surface area contributed by atoms with E-state index in [9.17, 15) is 9.59 Å². The average Bonchev–Trinajstić information content (AvgIpc) is 1.96. The number of halogens is 1.